The fraction of sp³-hybridized carbons (Fsp3) is 0.0769. The normalized spacial score (nSPS) is 10.7. The number of phenols is 1. The molecule has 0 fully saturated rings. The Kier molecular flexibility index (Phi) is 2.57. The molecule has 5 heteroatoms. The Bertz CT molecular complexity index is 627. The van der Waals surface area contributed by atoms with Crippen molar-refractivity contribution in [2.75, 3.05) is 0 Å². The predicted molar refractivity (Wildman–Crippen MR) is 62.9 cm³/mol. The summed E-state index contributed by atoms with van der Waals surface area (Å²) in [5.41, 5.74) is 0.988. The van der Waals surface area contributed by atoms with Crippen LogP contribution >= 0.6 is 0 Å². The molecule has 3 rings (SSSR count). The van der Waals surface area contributed by atoms with Crippen molar-refractivity contribution in [3.63, 3.8) is 0 Å². The van der Waals surface area contributed by atoms with E-state index in [1.807, 2.05) is 12.1 Å². The number of phenolic OH excluding ortho intramolecular Hbond substituents is 1. The Balaban J connectivity index is 1.80. The summed E-state index contributed by atoms with van der Waals surface area (Å²) in [5, 5.41) is 13.0. The van der Waals surface area contributed by atoms with Crippen molar-refractivity contribution in [1.29, 1.82) is 0 Å². The molecule has 5 nitrogen and oxygen atoms in total. The van der Waals surface area contributed by atoms with Gasteiger partial charge < -0.3 is 14.0 Å². The molecule has 0 radical (unpaired) electrons. The van der Waals surface area contributed by atoms with Gasteiger partial charge in [-0.3, -0.25) is 0 Å². The Morgan fingerprint density at radius 1 is 1.11 bits per heavy atom. The third-order valence-electron chi connectivity index (χ3n) is 2.50. The predicted octanol–water partition coefficient (Wildman–Crippen LogP) is 2.63. The molecule has 1 aromatic carbocycles. The molecule has 0 saturated heterocycles. The number of aromatic nitrogens is 2. The smallest absolute Gasteiger partial charge is 0.238 e. The fourth-order valence-electron chi connectivity index (χ4n) is 1.62. The number of furan rings is 1. The summed E-state index contributed by atoms with van der Waals surface area (Å²) in [6, 6.07) is 10.4. The van der Waals surface area contributed by atoms with E-state index in [0.29, 0.717) is 23.9 Å². The third-order valence-corrected chi connectivity index (χ3v) is 2.50. The molecule has 0 bridgehead atoms. The highest BCUT2D eigenvalue weighted by Crippen LogP contribution is 2.18. The van der Waals surface area contributed by atoms with Crippen LogP contribution in [0.5, 0.6) is 5.75 Å². The molecular weight excluding hydrogens is 232 g/mol. The highest BCUT2D eigenvalue weighted by molar-refractivity contribution is 5.44. The molecule has 0 aliphatic rings. The van der Waals surface area contributed by atoms with Gasteiger partial charge >= 0.3 is 0 Å². The summed E-state index contributed by atoms with van der Waals surface area (Å²) in [5.74, 6) is 1.76. The van der Waals surface area contributed by atoms with Crippen LogP contribution in [-0.4, -0.2) is 15.2 Å². The second-order valence-corrected chi connectivity index (χ2v) is 3.83. The number of hydrogen-bond donors (Lipinski definition) is 1. The van der Waals surface area contributed by atoms with Gasteiger partial charge in [-0.15, -0.1) is 0 Å². The molecule has 2 aromatic heterocycles. The van der Waals surface area contributed by atoms with E-state index in [9.17, 15) is 5.11 Å². The second-order valence-electron chi connectivity index (χ2n) is 3.83. The molecule has 0 aliphatic carbocycles. The summed E-state index contributed by atoms with van der Waals surface area (Å²) >= 11 is 0. The van der Waals surface area contributed by atoms with Crippen molar-refractivity contribution in [1.82, 2.24) is 10.1 Å². The van der Waals surface area contributed by atoms with Crippen molar-refractivity contribution < 1.29 is 14.0 Å². The van der Waals surface area contributed by atoms with E-state index in [1.165, 1.54) is 0 Å². The lowest BCUT2D eigenvalue weighted by atomic mass is 10.1. The van der Waals surface area contributed by atoms with Gasteiger partial charge in [-0.25, -0.2) is 0 Å². The zero-order chi connectivity index (χ0) is 12.4. The molecule has 2 heterocycles. The Labute approximate surface area is 103 Å². The lowest BCUT2D eigenvalue weighted by molar-refractivity contribution is 0.384. The van der Waals surface area contributed by atoms with Crippen LogP contribution in [0.3, 0.4) is 0 Å². The zero-order valence-corrected chi connectivity index (χ0v) is 9.41. The van der Waals surface area contributed by atoms with Crippen molar-refractivity contribution in [3.8, 4) is 17.3 Å². The summed E-state index contributed by atoms with van der Waals surface area (Å²) in [4.78, 5) is 4.24. The minimum atomic E-state index is 0.237. The molecule has 0 saturated carbocycles. The van der Waals surface area contributed by atoms with Gasteiger partial charge in [0.1, 0.15) is 5.75 Å². The number of aromatic hydroxyl groups is 1. The molecule has 0 aliphatic heterocycles. The molecule has 3 aromatic rings. The summed E-state index contributed by atoms with van der Waals surface area (Å²) < 4.78 is 10.3. The van der Waals surface area contributed by atoms with E-state index >= 15 is 0 Å². The Morgan fingerprint density at radius 2 is 1.94 bits per heavy atom. The Hall–Kier alpha value is -2.56. The average molecular weight is 242 g/mol. The SMILES string of the molecule is Oc1ccc(Cc2nc(-c3ccco3)no2)cc1. The maximum atomic E-state index is 9.19. The molecule has 90 valence electrons. The summed E-state index contributed by atoms with van der Waals surface area (Å²) in [6.07, 6.45) is 2.08. The van der Waals surface area contributed by atoms with Crippen LogP contribution in [0.1, 0.15) is 11.5 Å². The third kappa shape index (κ3) is 2.10. The molecule has 0 atom stereocenters. The fourth-order valence-corrected chi connectivity index (χ4v) is 1.62. The van der Waals surface area contributed by atoms with E-state index in [0.717, 1.165) is 5.56 Å². The largest absolute Gasteiger partial charge is 0.508 e. The van der Waals surface area contributed by atoms with Crippen LogP contribution in [0.2, 0.25) is 0 Å². The molecule has 1 N–H and O–H groups in total. The van der Waals surface area contributed by atoms with Crippen molar-refractivity contribution in [3.05, 3.63) is 54.1 Å². The van der Waals surface area contributed by atoms with Crippen LogP contribution in [0.25, 0.3) is 11.6 Å². The van der Waals surface area contributed by atoms with Gasteiger partial charge in [0.2, 0.25) is 11.7 Å². The number of rotatable bonds is 3. The van der Waals surface area contributed by atoms with Gasteiger partial charge in [-0.2, -0.15) is 4.98 Å². The van der Waals surface area contributed by atoms with E-state index in [2.05, 4.69) is 10.1 Å². The first-order chi connectivity index (χ1) is 8.81. The maximum Gasteiger partial charge on any atom is 0.238 e. The van der Waals surface area contributed by atoms with Crippen molar-refractivity contribution >= 4 is 0 Å². The molecule has 0 spiro atoms. The highest BCUT2D eigenvalue weighted by atomic mass is 16.5. The number of benzene rings is 1. The van der Waals surface area contributed by atoms with E-state index in [-0.39, 0.29) is 5.75 Å². The van der Waals surface area contributed by atoms with Gasteiger partial charge in [0.05, 0.1) is 12.7 Å². The monoisotopic (exact) mass is 242 g/mol. The maximum absolute atomic E-state index is 9.19. The lowest BCUT2D eigenvalue weighted by Gasteiger charge is -1.96. The van der Waals surface area contributed by atoms with Crippen LogP contribution < -0.4 is 0 Å². The molecule has 0 amide bonds. The minimum absolute atomic E-state index is 0.237. The summed E-state index contributed by atoms with van der Waals surface area (Å²) in [7, 11) is 0. The van der Waals surface area contributed by atoms with E-state index in [4.69, 9.17) is 8.94 Å². The Morgan fingerprint density at radius 3 is 2.67 bits per heavy atom. The van der Waals surface area contributed by atoms with E-state index in [1.54, 1.807) is 30.5 Å². The number of nitrogens with zero attached hydrogens (tertiary/aromatic N) is 2. The quantitative estimate of drug-likeness (QED) is 0.764. The van der Waals surface area contributed by atoms with Crippen molar-refractivity contribution in [2.24, 2.45) is 0 Å². The van der Waals surface area contributed by atoms with Gasteiger partial charge in [0.15, 0.2) is 5.76 Å². The zero-order valence-electron chi connectivity index (χ0n) is 9.41. The van der Waals surface area contributed by atoms with Gasteiger partial charge in [-0.05, 0) is 29.8 Å². The van der Waals surface area contributed by atoms with Crippen LogP contribution in [0, 0.1) is 0 Å². The van der Waals surface area contributed by atoms with Gasteiger partial charge in [-0.1, -0.05) is 17.3 Å². The van der Waals surface area contributed by atoms with Crippen LogP contribution in [0.4, 0.5) is 0 Å². The van der Waals surface area contributed by atoms with E-state index < -0.39 is 0 Å². The average Bonchev–Trinajstić information content (AvgIpc) is 3.02. The standard InChI is InChI=1S/C13H10N2O3/c16-10-5-3-9(4-6-10)8-12-14-13(15-18-12)11-2-1-7-17-11/h1-7,16H,8H2. The van der Waals surface area contributed by atoms with Crippen molar-refractivity contribution in [2.45, 2.75) is 6.42 Å². The molecular formula is C13H10N2O3. The van der Waals surface area contributed by atoms with Gasteiger partial charge in [0, 0.05) is 0 Å². The van der Waals surface area contributed by atoms with Crippen LogP contribution in [-0.2, 0) is 6.42 Å². The molecule has 18 heavy (non-hydrogen) atoms. The topological polar surface area (TPSA) is 72.3 Å². The highest BCUT2D eigenvalue weighted by Gasteiger charge is 2.10. The van der Waals surface area contributed by atoms with Crippen LogP contribution in [0.15, 0.2) is 51.6 Å². The molecule has 0 unspecified atom stereocenters. The number of hydrogen-bond acceptors (Lipinski definition) is 5. The first-order valence-corrected chi connectivity index (χ1v) is 5.45. The minimum Gasteiger partial charge on any atom is -0.508 e. The first kappa shape index (κ1) is 10.6. The first-order valence-electron chi connectivity index (χ1n) is 5.45. The lowest BCUT2D eigenvalue weighted by Crippen LogP contribution is -1.87. The summed E-state index contributed by atoms with van der Waals surface area (Å²) in [6.45, 7) is 0. The second kappa shape index (κ2) is 4.37. The van der Waals surface area contributed by atoms with Gasteiger partial charge in [0.25, 0.3) is 0 Å².